The molecule has 4 aromatic rings. The monoisotopic (exact) mass is 536 g/mol. The lowest BCUT2D eigenvalue weighted by atomic mass is 10.0. The first-order chi connectivity index (χ1) is 18.8. The van der Waals surface area contributed by atoms with Gasteiger partial charge in [0.15, 0.2) is 17.2 Å². The van der Waals surface area contributed by atoms with Gasteiger partial charge in [-0.15, -0.1) is 0 Å². The number of rotatable bonds is 4. The summed E-state index contributed by atoms with van der Waals surface area (Å²) in [6.07, 6.45) is 3.91. The molecule has 0 bridgehead atoms. The number of aromatic nitrogens is 5. The maximum Gasteiger partial charge on any atom is 0.356 e. The first-order valence-corrected chi connectivity index (χ1v) is 12.7. The van der Waals surface area contributed by atoms with Gasteiger partial charge in [-0.05, 0) is 37.3 Å². The van der Waals surface area contributed by atoms with Gasteiger partial charge in [0.1, 0.15) is 47.1 Å². The molecule has 3 aromatic heterocycles. The zero-order chi connectivity index (χ0) is 27.4. The maximum absolute atomic E-state index is 16.3. The second kappa shape index (κ2) is 9.44. The van der Waals surface area contributed by atoms with Gasteiger partial charge in [0, 0.05) is 6.54 Å². The molecule has 2 aliphatic heterocycles. The fraction of sp³-hybridized carbons (Fsp3) is 0.370. The van der Waals surface area contributed by atoms with Crippen molar-refractivity contribution in [1.29, 1.82) is 0 Å². The lowest BCUT2D eigenvalue weighted by Gasteiger charge is -2.34. The average molecular weight is 537 g/mol. The van der Waals surface area contributed by atoms with Gasteiger partial charge in [0.2, 0.25) is 5.88 Å². The molecule has 1 aromatic carbocycles. The molecule has 1 saturated heterocycles. The van der Waals surface area contributed by atoms with Crippen molar-refractivity contribution >= 4 is 16.9 Å². The van der Waals surface area contributed by atoms with Crippen LogP contribution in [0, 0.1) is 11.6 Å². The van der Waals surface area contributed by atoms with Crippen LogP contribution in [-0.2, 0) is 0 Å². The third-order valence-electron chi connectivity index (χ3n) is 7.23. The number of hydrogen-bond donors (Lipinski definition) is 1. The highest BCUT2D eigenvalue weighted by molar-refractivity contribution is 5.97. The first-order valence-electron chi connectivity index (χ1n) is 12.7. The smallest absolute Gasteiger partial charge is 0.356 e. The molecule has 10 nitrogen and oxygen atoms in total. The van der Waals surface area contributed by atoms with E-state index in [0.717, 1.165) is 29.9 Å². The van der Waals surface area contributed by atoms with Gasteiger partial charge in [-0.1, -0.05) is 19.9 Å². The van der Waals surface area contributed by atoms with Crippen molar-refractivity contribution in [3.63, 3.8) is 0 Å². The highest BCUT2D eigenvalue weighted by atomic mass is 19.1. The number of benzene rings is 1. The summed E-state index contributed by atoms with van der Waals surface area (Å²) in [6.45, 7) is 4.51. The van der Waals surface area contributed by atoms with E-state index < -0.39 is 34.3 Å². The Hall–Kier alpha value is -4.35. The fourth-order valence-corrected chi connectivity index (χ4v) is 5.43. The Morgan fingerprint density at radius 3 is 2.74 bits per heavy atom. The summed E-state index contributed by atoms with van der Waals surface area (Å²) in [6, 6.07) is 3.49. The van der Waals surface area contributed by atoms with E-state index in [9.17, 15) is 9.90 Å². The summed E-state index contributed by atoms with van der Waals surface area (Å²) >= 11 is 0. The molecule has 1 N–H and O–H groups in total. The normalized spacial score (nSPS) is 16.7. The number of halogens is 2. The number of aromatic hydroxyl groups is 1. The van der Waals surface area contributed by atoms with E-state index in [0.29, 0.717) is 12.2 Å². The molecular weight excluding hydrogens is 510 g/mol. The molecular formula is C27H26F2N6O4. The number of piperidine rings is 1. The number of pyridine rings is 1. The van der Waals surface area contributed by atoms with Gasteiger partial charge in [-0.25, -0.2) is 28.1 Å². The summed E-state index contributed by atoms with van der Waals surface area (Å²) in [5, 5.41) is 10.7. The van der Waals surface area contributed by atoms with Crippen molar-refractivity contribution < 1.29 is 23.4 Å². The summed E-state index contributed by atoms with van der Waals surface area (Å²) in [5.74, 6) is -2.41. The second-order valence-electron chi connectivity index (χ2n) is 9.91. The van der Waals surface area contributed by atoms with Crippen molar-refractivity contribution in [2.45, 2.75) is 45.1 Å². The Bertz CT molecular complexity index is 1650. The van der Waals surface area contributed by atoms with Crippen LogP contribution in [0.15, 0.2) is 29.3 Å². The van der Waals surface area contributed by atoms with E-state index >= 15 is 8.78 Å². The Balaban J connectivity index is 1.80. The van der Waals surface area contributed by atoms with Crippen molar-refractivity contribution in [3.8, 4) is 34.3 Å². The highest BCUT2D eigenvalue weighted by Gasteiger charge is 2.36. The molecule has 6 rings (SSSR count). The third kappa shape index (κ3) is 3.84. The van der Waals surface area contributed by atoms with Gasteiger partial charge in [-0.2, -0.15) is 9.97 Å². The first kappa shape index (κ1) is 25.0. The molecule has 5 heterocycles. The Labute approximate surface area is 221 Å². The van der Waals surface area contributed by atoms with E-state index in [1.54, 1.807) is 0 Å². The molecule has 1 atom stereocenters. The Morgan fingerprint density at radius 2 is 2.00 bits per heavy atom. The third-order valence-corrected chi connectivity index (χ3v) is 7.23. The van der Waals surface area contributed by atoms with Gasteiger partial charge in [0.25, 0.3) is 0 Å². The van der Waals surface area contributed by atoms with Crippen LogP contribution in [0.3, 0.4) is 0 Å². The van der Waals surface area contributed by atoms with E-state index in [2.05, 4.69) is 19.9 Å². The molecule has 1 fully saturated rings. The van der Waals surface area contributed by atoms with E-state index in [1.165, 1.54) is 25.6 Å². The summed E-state index contributed by atoms with van der Waals surface area (Å²) in [4.78, 5) is 33.3. The fourth-order valence-electron chi connectivity index (χ4n) is 5.43. The van der Waals surface area contributed by atoms with E-state index in [1.807, 2.05) is 18.7 Å². The number of anilines is 1. The molecule has 0 unspecified atom stereocenters. The van der Waals surface area contributed by atoms with Crippen LogP contribution in [0.5, 0.6) is 17.4 Å². The van der Waals surface area contributed by atoms with E-state index in [4.69, 9.17) is 9.47 Å². The molecule has 0 saturated carbocycles. The summed E-state index contributed by atoms with van der Waals surface area (Å²) in [7, 11) is 1.40. The van der Waals surface area contributed by atoms with Crippen molar-refractivity contribution in [2.24, 2.45) is 0 Å². The molecule has 12 heteroatoms. The topological polar surface area (TPSA) is 115 Å². The van der Waals surface area contributed by atoms with Crippen LogP contribution in [0.2, 0.25) is 0 Å². The van der Waals surface area contributed by atoms with Crippen LogP contribution < -0.4 is 20.1 Å². The number of ether oxygens (including phenoxy) is 2. The number of nitrogens with zero attached hydrogens (tertiary/aromatic N) is 6. The van der Waals surface area contributed by atoms with Crippen LogP contribution in [0.1, 0.15) is 44.7 Å². The molecule has 202 valence electrons. The lowest BCUT2D eigenvalue weighted by Crippen LogP contribution is -2.43. The highest BCUT2D eigenvalue weighted by Crippen LogP contribution is 2.44. The maximum atomic E-state index is 16.3. The standard InChI is InChI=1S/C27H26F2N6O4/c1-13(2)20-22(26(38-3)31-12-30-20)35-25-18-23(19(29)21(32-25)17-15(28)8-6-9-16(17)36)39-11-14-7-4-5-10-34(14)24(18)33-27(35)37/h6,8-9,12-14,36H,4-5,7,10-11H2,1-3H3/t14-/m1/s1. The number of phenols is 1. The summed E-state index contributed by atoms with van der Waals surface area (Å²) < 4.78 is 44.0. The molecule has 0 spiro atoms. The minimum Gasteiger partial charge on any atom is -0.507 e. The minimum atomic E-state index is -0.962. The quantitative estimate of drug-likeness (QED) is 0.411. The summed E-state index contributed by atoms with van der Waals surface area (Å²) in [5.41, 5.74) is -1.05. The predicted octanol–water partition coefficient (Wildman–Crippen LogP) is 4.10. The van der Waals surface area contributed by atoms with Gasteiger partial charge >= 0.3 is 5.69 Å². The van der Waals surface area contributed by atoms with Crippen molar-refractivity contribution in [2.75, 3.05) is 25.2 Å². The van der Waals surface area contributed by atoms with Gasteiger partial charge < -0.3 is 19.5 Å². The zero-order valence-corrected chi connectivity index (χ0v) is 21.6. The number of fused-ring (bicyclic) bond motifs is 2. The number of phenolic OH excluding ortho intramolecular Hbond substituents is 1. The second-order valence-corrected chi connectivity index (χ2v) is 9.91. The minimum absolute atomic E-state index is 0.0414. The van der Waals surface area contributed by atoms with E-state index in [-0.39, 0.29) is 52.7 Å². The number of hydrogen-bond acceptors (Lipinski definition) is 9. The Morgan fingerprint density at radius 1 is 1.18 bits per heavy atom. The average Bonchev–Trinajstić information content (AvgIpc) is 3.08. The SMILES string of the molecule is COc1ncnc(C(C)C)c1-n1c(=O)nc2c3c(c(F)c(-c4c(O)cccc4F)nc31)OC[C@H]1CCCCN21. The van der Waals surface area contributed by atoms with Crippen LogP contribution in [0.25, 0.3) is 28.0 Å². The molecule has 39 heavy (non-hydrogen) atoms. The molecule has 2 aliphatic rings. The van der Waals surface area contributed by atoms with Crippen molar-refractivity contribution in [1.82, 2.24) is 24.5 Å². The predicted molar refractivity (Wildman–Crippen MR) is 139 cm³/mol. The van der Waals surface area contributed by atoms with Crippen molar-refractivity contribution in [3.05, 3.63) is 52.3 Å². The van der Waals surface area contributed by atoms with Crippen LogP contribution in [0.4, 0.5) is 14.6 Å². The van der Waals surface area contributed by atoms with Crippen LogP contribution >= 0.6 is 0 Å². The van der Waals surface area contributed by atoms with Crippen LogP contribution in [-0.4, -0.2) is 55.9 Å². The molecule has 0 amide bonds. The lowest BCUT2D eigenvalue weighted by molar-refractivity contribution is 0.258. The van der Waals surface area contributed by atoms with Gasteiger partial charge in [-0.3, -0.25) is 0 Å². The van der Waals surface area contributed by atoms with Gasteiger partial charge in [0.05, 0.1) is 24.4 Å². The largest absolute Gasteiger partial charge is 0.507 e. The zero-order valence-electron chi connectivity index (χ0n) is 21.6. The molecule has 0 radical (unpaired) electrons. The molecule has 0 aliphatic carbocycles. The Kier molecular flexibility index (Phi) is 6.04. The number of methoxy groups -OCH3 is 1.